The molecule has 2 aliphatic rings. The average Bonchev–Trinajstić information content (AvgIpc) is 2.67. The standard InChI is InChI=1S/C20H27N3O4/c1-14(2)19(25)22-12-10-21(11-13-22)18(24)8-9-23-16-6-4-5-7-17(16)27-15(3)20(23)26/h4-7,14-15H,8-13H2,1-3H3/t15-/m0/s1. The van der Waals surface area contributed by atoms with Crippen LogP contribution in [-0.2, 0) is 14.4 Å². The fourth-order valence-electron chi connectivity index (χ4n) is 3.50. The molecule has 0 unspecified atom stereocenters. The third-order valence-electron chi connectivity index (χ3n) is 5.06. The van der Waals surface area contributed by atoms with Crippen LogP contribution in [0.5, 0.6) is 5.75 Å². The zero-order valence-electron chi connectivity index (χ0n) is 16.2. The van der Waals surface area contributed by atoms with E-state index in [1.807, 2.05) is 43.0 Å². The number of piperazine rings is 1. The Labute approximate surface area is 159 Å². The zero-order valence-corrected chi connectivity index (χ0v) is 16.2. The molecule has 2 aliphatic heterocycles. The molecule has 1 atom stereocenters. The van der Waals surface area contributed by atoms with Crippen molar-refractivity contribution in [1.82, 2.24) is 9.80 Å². The molecule has 0 N–H and O–H groups in total. The van der Waals surface area contributed by atoms with Crippen LogP contribution in [0.3, 0.4) is 0 Å². The summed E-state index contributed by atoms with van der Waals surface area (Å²) >= 11 is 0. The van der Waals surface area contributed by atoms with Gasteiger partial charge in [0.2, 0.25) is 11.8 Å². The van der Waals surface area contributed by atoms with E-state index in [1.54, 1.807) is 16.7 Å². The minimum Gasteiger partial charge on any atom is -0.479 e. The summed E-state index contributed by atoms with van der Waals surface area (Å²) in [6, 6.07) is 7.38. The molecule has 0 radical (unpaired) electrons. The highest BCUT2D eigenvalue weighted by Crippen LogP contribution is 2.33. The van der Waals surface area contributed by atoms with Crippen molar-refractivity contribution in [2.75, 3.05) is 37.6 Å². The number of carbonyl (C=O) groups is 3. The van der Waals surface area contributed by atoms with E-state index >= 15 is 0 Å². The van der Waals surface area contributed by atoms with Crippen molar-refractivity contribution in [3.63, 3.8) is 0 Å². The molecule has 1 saturated heterocycles. The Morgan fingerprint density at radius 2 is 1.74 bits per heavy atom. The summed E-state index contributed by atoms with van der Waals surface area (Å²) in [6.45, 7) is 8.04. The largest absolute Gasteiger partial charge is 0.479 e. The fraction of sp³-hybridized carbons (Fsp3) is 0.550. The first-order chi connectivity index (χ1) is 12.9. The summed E-state index contributed by atoms with van der Waals surface area (Å²) in [5.41, 5.74) is 0.709. The van der Waals surface area contributed by atoms with Crippen LogP contribution in [0.1, 0.15) is 27.2 Å². The summed E-state index contributed by atoms with van der Waals surface area (Å²) in [7, 11) is 0. The molecule has 0 spiro atoms. The molecular weight excluding hydrogens is 346 g/mol. The number of benzene rings is 1. The van der Waals surface area contributed by atoms with Gasteiger partial charge in [0.15, 0.2) is 6.10 Å². The molecule has 3 rings (SSSR count). The lowest BCUT2D eigenvalue weighted by atomic mass is 10.1. The minimum atomic E-state index is -0.555. The smallest absolute Gasteiger partial charge is 0.267 e. The Hall–Kier alpha value is -2.57. The molecule has 0 aromatic heterocycles. The number of amides is 3. The third-order valence-corrected chi connectivity index (χ3v) is 5.06. The summed E-state index contributed by atoms with van der Waals surface area (Å²) in [4.78, 5) is 42.4. The van der Waals surface area contributed by atoms with Gasteiger partial charge in [0.05, 0.1) is 5.69 Å². The van der Waals surface area contributed by atoms with Gasteiger partial charge < -0.3 is 19.4 Å². The maximum absolute atomic E-state index is 12.6. The van der Waals surface area contributed by atoms with Crippen LogP contribution in [0.2, 0.25) is 0 Å². The number of carbonyl (C=O) groups excluding carboxylic acids is 3. The summed E-state index contributed by atoms with van der Waals surface area (Å²) in [5.74, 6) is 0.649. The second-order valence-corrected chi connectivity index (χ2v) is 7.33. The van der Waals surface area contributed by atoms with Crippen LogP contribution in [0.25, 0.3) is 0 Å². The zero-order chi connectivity index (χ0) is 19.6. The SMILES string of the molecule is CC(C)C(=O)N1CCN(C(=O)CCN2C(=O)[C@H](C)Oc3ccccc32)CC1. The summed E-state index contributed by atoms with van der Waals surface area (Å²) in [5, 5.41) is 0. The molecule has 0 bridgehead atoms. The minimum absolute atomic E-state index is 0.0103. The predicted octanol–water partition coefficient (Wildman–Crippen LogP) is 1.52. The van der Waals surface area contributed by atoms with Gasteiger partial charge in [-0.2, -0.15) is 0 Å². The molecule has 7 heteroatoms. The van der Waals surface area contributed by atoms with Crippen molar-refractivity contribution >= 4 is 23.4 Å². The Balaban J connectivity index is 1.57. The number of hydrogen-bond donors (Lipinski definition) is 0. The molecule has 7 nitrogen and oxygen atoms in total. The van der Waals surface area contributed by atoms with Crippen LogP contribution in [0.15, 0.2) is 24.3 Å². The molecule has 27 heavy (non-hydrogen) atoms. The van der Waals surface area contributed by atoms with E-state index < -0.39 is 6.10 Å². The van der Waals surface area contributed by atoms with Crippen LogP contribution < -0.4 is 9.64 Å². The highest BCUT2D eigenvalue weighted by Gasteiger charge is 2.32. The van der Waals surface area contributed by atoms with Gasteiger partial charge >= 0.3 is 0 Å². The van der Waals surface area contributed by atoms with Gasteiger partial charge in [0.1, 0.15) is 5.75 Å². The van der Waals surface area contributed by atoms with Gasteiger partial charge in [-0.05, 0) is 19.1 Å². The first-order valence-corrected chi connectivity index (χ1v) is 9.52. The lowest BCUT2D eigenvalue weighted by molar-refractivity contribution is -0.141. The average molecular weight is 373 g/mol. The number of nitrogens with zero attached hydrogens (tertiary/aromatic N) is 3. The highest BCUT2D eigenvalue weighted by atomic mass is 16.5. The van der Waals surface area contributed by atoms with E-state index in [0.29, 0.717) is 44.2 Å². The molecule has 1 aromatic carbocycles. The van der Waals surface area contributed by atoms with E-state index in [2.05, 4.69) is 0 Å². The molecular formula is C20H27N3O4. The summed E-state index contributed by atoms with van der Waals surface area (Å²) in [6.07, 6.45) is -0.300. The Morgan fingerprint density at radius 3 is 2.41 bits per heavy atom. The van der Waals surface area contributed by atoms with Crippen molar-refractivity contribution in [2.45, 2.75) is 33.3 Å². The van der Waals surface area contributed by atoms with Crippen molar-refractivity contribution in [3.05, 3.63) is 24.3 Å². The maximum Gasteiger partial charge on any atom is 0.267 e. The molecule has 0 aliphatic carbocycles. The van der Waals surface area contributed by atoms with E-state index in [-0.39, 0.29) is 30.1 Å². The predicted molar refractivity (Wildman–Crippen MR) is 102 cm³/mol. The highest BCUT2D eigenvalue weighted by molar-refractivity contribution is 6.00. The van der Waals surface area contributed by atoms with Crippen molar-refractivity contribution in [3.8, 4) is 5.75 Å². The summed E-state index contributed by atoms with van der Waals surface area (Å²) < 4.78 is 5.63. The fourth-order valence-corrected chi connectivity index (χ4v) is 3.50. The number of anilines is 1. The molecule has 1 fully saturated rings. The number of hydrogen-bond acceptors (Lipinski definition) is 4. The number of rotatable bonds is 4. The maximum atomic E-state index is 12.6. The van der Waals surface area contributed by atoms with Crippen LogP contribution in [0, 0.1) is 5.92 Å². The second-order valence-electron chi connectivity index (χ2n) is 7.33. The van der Waals surface area contributed by atoms with Crippen molar-refractivity contribution in [1.29, 1.82) is 0 Å². The van der Waals surface area contributed by atoms with E-state index in [0.717, 1.165) is 0 Å². The second kappa shape index (κ2) is 7.98. The van der Waals surface area contributed by atoms with Gasteiger partial charge in [0.25, 0.3) is 5.91 Å². The van der Waals surface area contributed by atoms with Crippen LogP contribution in [-0.4, -0.2) is 66.3 Å². The number of para-hydroxylation sites is 2. The molecule has 1 aromatic rings. The number of fused-ring (bicyclic) bond motifs is 1. The topological polar surface area (TPSA) is 70.2 Å². The van der Waals surface area contributed by atoms with Crippen molar-refractivity contribution in [2.24, 2.45) is 5.92 Å². The normalized spacial score (nSPS) is 19.8. The first-order valence-electron chi connectivity index (χ1n) is 9.52. The molecule has 0 saturated carbocycles. The Morgan fingerprint density at radius 1 is 1.11 bits per heavy atom. The van der Waals surface area contributed by atoms with Gasteiger partial charge in [-0.25, -0.2) is 0 Å². The van der Waals surface area contributed by atoms with Crippen LogP contribution >= 0.6 is 0 Å². The van der Waals surface area contributed by atoms with Gasteiger partial charge in [-0.15, -0.1) is 0 Å². The van der Waals surface area contributed by atoms with Gasteiger partial charge in [-0.3, -0.25) is 14.4 Å². The Kier molecular flexibility index (Phi) is 5.68. The quantitative estimate of drug-likeness (QED) is 0.802. The molecule has 146 valence electrons. The number of ether oxygens (including phenoxy) is 1. The monoisotopic (exact) mass is 373 g/mol. The Bertz CT molecular complexity index is 726. The van der Waals surface area contributed by atoms with Gasteiger partial charge in [-0.1, -0.05) is 26.0 Å². The lowest BCUT2D eigenvalue weighted by Gasteiger charge is -2.36. The third kappa shape index (κ3) is 4.07. The molecule has 2 heterocycles. The van der Waals surface area contributed by atoms with E-state index in [4.69, 9.17) is 4.74 Å². The van der Waals surface area contributed by atoms with Crippen LogP contribution in [0.4, 0.5) is 5.69 Å². The first kappa shape index (κ1) is 19.2. The van der Waals surface area contributed by atoms with Gasteiger partial charge in [0, 0.05) is 45.1 Å². The van der Waals surface area contributed by atoms with Crippen molar-refractivity contribution < 1.29 is 19.1 Å². The van der Waals surface area contributed by atoms with E-state index in [9.17, 15) is 14.4 Å². The lowest BCUT2D eigenvalue weighted by Crippen LogP contribution is -2.52. The van der Waals surface area contributed by atoms with E-state index in [1.165, 1.54) is 0 Å². The molecule has 3 amide bonds.